The first kappa shape index (κ1) is 32.1. The van der Waals surface area contributed by atoms with Crippen molar-refractivity contribution in [1.29, 1.82) is 0 Å². The van der Waals surface area contributed by atoms with Crippen LogP contribution in [0.4, 0.5) is 0 Å². The van der Waals surface area contributed by atoms with Gasteiger partial charge in [0.25, 0.3) is 0 Å². The number of fused-ring (bicyclic) bond motifs is 5. The molecule has 4 aliphatic carbocycles. The molecule has 0 aliphatic heterocycles. The molecule has 4 nitrogen and oxygen atoms in total. The first-order valence-corrected chi connectivity index (χ1v) is 17.8. The number of esters is 2. The van der Waals surface area contributed by atoms with Crippen molar-refractivity contribution < 1.29 is 19.1 Å². The number of hydrogen-bond acceptors (Lipinski definition) is 4. The molecule has 0 spiro atoms. The van der Waals surface area contributed by atoms with Crippen LogP contribution < -0.4 is 0 Å². The Bertz CT molecular complexity index is 1360. The van der Waals surface area contributed by atoms with E-state index >= 15 is 0 Å². The fourth-order valence-electron chi connectivity index (χ4n) is 10.4. The molecular weight excluding hydrogens is 556 g/mol. The Labute approximate surface area is 271 Å². The summed E-state index contributed by atoms with van der Waals surface area (Å²) in [6, 6.07) is 18.8. The third-order valence-electron chi connectivity index (χ3n) is 12.8. The molecular formula is C41H54O4. The molecule has 0 bridgehead atoms. The molecule has 45 heavy (non-hydrogen) atoms. The molecule has 9 atom stereocenters. The number of rotatable bonds is 9. The number of benzene rings is 2. The van der Waals surface area contributed by atoms with Crippen LogP contribution in [-0.2, 0) is 9.47 Å². The van der Waals surface area contributed by atoms with Crippen LogP contribution in [0.3, 0.4) is 0 Å². The van der Waals surface area contributed by atoms with Gasteiger partial charge in [-0.2, -0.15) is 0 Å². The molecule has 2 aromatic rings. The molecule has 0 unspecified atom stereocenters. The third-order valence-corrected chi connectivity index (χ3v) is 12.8. The molecule has 3 saturated carbocycles. The SMILES string of the molecule is CC(C)CCC[C@H](C)[C@H]1CC[C@H]2[C@@H]3[C@@H](OC(=O)c4ccccc4)C=C4C[C@@H](OC(=O)c5ccccc5)CC[C@]4(C)[C@H]3CC[C@]12C. The van der Waals surface area contributed by atoms with Crippen LogP contribution in [0.15, 0.2) is 72.3 Å². The Morgan fingerprint density at radius 2 is 1.42 bits per heavy atom. The van der Waals surface area contributed by atoms with Gasteiger partial charge in [-0.25, -0.2) is 9.59 Å². The standard InChI is InChI=1S/C41H54O4/c1-27(2)13-12-14-28(3)33-19-20-34-37-35(22-24-41(33,34)5)40(4)23-21-32(44-38(42)29-15-8-6-9-16-29)25-31(40)26-36(37)45-39(43)30-17-10-7-11-18-30/h6-11,15-18,26-28,32-37H,12-14,19-25H2,1-5H3/t28-,32-,33+,34-,35-,36-,37-,40-,41+/m0/s1. The predicted molar refractivity (Wildman–Crippen MR) is 180 cm³/mol. The smallest absolute Gasteiger partial charge is 0.338 e. The summed E-state index contributed by atoms with van der Waals surface area (Å²) < 4.78 is 12.6. The van der Waals surface area contributed by atoms with E-state index in [-0.39, 0.29) is 35.0 Å². The van der Waals surface area contributed by atoms with Gasteiger partial charge < -0.3 is 9.47 Å². The van der Waals surface area contributed by atoms with Gasteiger partial charge in [0.05, 0.1) is 11.1 Å². The molecule has 4 heteroatoms. The van der Waals surface area contributed by atoms with E-state index in [0.717, 1.165) is 37.0 Å². The lowest BCUT2D eigenvalue weighted by molar-refractivity contribution is -0.102. The highest BCUT2D eigenvalue weighted by Crippen LogP contribution is 2.67. The van der Waals surface area contributed by atoms with E-state index in [1.54, 1.807) is 0 Å². The molecule has 3 fully saturated rings. The topological polar surface area (TPSA) is 52.6 Å². The molecule has 242 valence electrons. The van der Waals surface area contributed by atoms with E-state index in [2.05, 4.69) is 40.7 Å². The summed E-state index contributed by atoms with van der Waals surface area (Å²) in [6.07, 6.45) is 13.4. The summed E-state index contributed by atoms with van der Waals surface area (Å²) in [4.78, 5) is 26.6. The van der Waals surface area contributed by atoms with Crippen LogP contribution in [0.25, 0.3) is 0 Å². The minimum absolute atomic E-state index is 0.0400. The minimum atomic E-state index is -0.256. The Hall–Kier alpha value is -2.88. The molecule has 2 aromatic carbocycles. The van der Waals surface area contributed by atoms with Gasteiger partial charge in [-0.3, -0.25) is 0 Å². The van der Waals surface area contributed by atoms with Crippen molar-refractivity contribution in [2.45, 2.75) is 111 Å². The summed E-state index contributed by atoms with van der Waals surface area (Å²) >= 11 is 0. The lowest BCUT2D eigenvalue weighted by Crippen LogP contribution is -2.55. The van der Waals surface area contributed by atoms with Crippen LogP contribution in [0.5, 0.6) is 0 Å². The highest BCUT2D eigenvalue weighted by atomic mass is 16.5. The molecule has 0 N–H and O–H groups in total. The molecule has 4 aliphatic rings. The van der Waals surface area contributed by atoms with Crippen molar-refractivity contribution in [1.82, 2.24) is 0 Å². The van der Waals surface area contributed by atoms with Crippen LogP contribution in [0.1, 0.15) is 120 Å². The second-order valence-corrected chi connectivity index (χ2v) is 15.8. The molecule has 0 radical (unpaired) electrons. The Kier molecular flexibility index (Phi) is 9.33. The minimum Gasteiger partial charge on any atom is -0.458 e. The Morgan fingerprint density at radius 3 is 2.07 bits per heavy atom. The van der Waals surface area contributed by atoms with Gasteiger partial charge >= 0.3 is 11.9 Å². The number of ether oxygens (including phenoxy) is 2. The van der Waals surface area contributed by atoms with Crippen LogP contribution >= 0.6 is 0 Å². The van der Waals surface area contributed by atoms with Crippen molar-refractivity contribution in [3.63, 3.8) is 0 Å². The first-order valence-electron chi connectivity index (χ1n) is 17.8. The van der Waals surface area contributed by atoms with E-state index in [9.17, 15) is 9.59 Å². The van der Waals surface area contributed by atoms with Crippen molar-refractivity contribution >= 4 is 11.9 Å². The van der Waals surface area contributed by atoms with Crippen molar-refractivity contribution in [3.05, 3.63) is 83.4 Å². The van der Waals surface area contributed by atoms with Gasteiger partial charge in [-0.1, -0.05) is 95.9 Å². The highest BCUT2D eigenvalue weighted by molar-refractivity contribution is 5.90. The van der Waals surface area contributed by atoms with Gasteiger partial charge in [0.15, 0.2) is 0 Å². The first-order chi connectivity index (χ1) is 21.6. The molecule has 6 rings (SSSR count). The summed E-state index contributed by atoms with van der Waals surface area (Å²) in [5.41, 5.74) is 2.85. The molecule has 0 amide bonds. The average Bonchev–Trinajstić information content (AvgIpc) is 3.39. The van der Waals surface area contributed by atoms with Gasteiger partial charge in [0.2, 0.25) is 0 Å². The summed E-state index contributed by atoms with van der Waals surface area (Å²) in [5, 5.41) is 0. The molecule has 0 saturated heterocycles. The fourth-order valence-corrected chi connectivity index (χ4v) is 10.4. The predicted octanol–water partition coefficient (Wildman–Crippen LogP) is 10.1. The number of carbonyl (C=O) groups excluding carboxylic acids is 2. The number of carbonyl (C=O) groups is 2. The van der Waals surface area contributed by atoms with Crippen LogP contribution in [0, 0.1) is 46.3 Å². The maximum atomic E-state index is 13.6. The molecule has 0 heterocycles. The normalized spacial score (nSPS) is 34.6. The van der Waals surface area contributed by atoms with E-state index in [4.69, 9.17) is 9.47 Å². The van der Waals surface area contributed by atoms with E-state index in [1.807, 2.05) is 60.7 Å². The zero-order chi connectivity index (χ0) is 31.8. The largest absolute Gasteiger partial charge is 0.458 e. The zero-order valence-electron chi connectivity index (χ0n) is 28.2. The van der Waals surface area contributed by atoms with Gasteiger partial charge in [0, 0.05) is 12.3 Å². The maximum absolute atomic E-state index is 13.6. The van der Waals surface area contributed by atoms with Gasteiger partial charge in [0.1, 0.15) is 12.2 Å². The Balaban J connectivity index is 1.28. The number of hydrogen-bond donors (Lipinski definition) is 0. The Morgan fingerprint density at radius 1 is 0.778 bits per heavy atom. The van der Waals surface area contributed by atoms with Gasteiger partial charge in [-0.05, 0) is 109 Å². The summed E-state index contributed by atoms with van der Waals surface area (Å²) in [6.45, 7) is 12.2. The van der Waals surface area contributed by atoms with Crippen molar-refractivity contribution in [2.75, 3.05) is 0 Å². The lowest BCUT2D eigenvalue weighted by Gasteiger charge is -2.59. The quantitative estimate of drug-likeness (QED) is 0.209. The van der Waals surface area contributed by atoms with Gasteiger partial charge in [-0.15, -0.1) is 0 Å². The summed E-state index contributed by atoms with van der Waals surface area (Å²) in [5.74, 6) is 3.07. The van der Waals surface area contributed by atoms with E-state index in [1.165, 1.54) is 50.5 Å². The third kappa shape index (κ3) is 6.28. The zero-order valence-corrected chi connectivity index (χ0v) is 28.2. The monoisotopic (exact) mass is 610 g/mol. The fraction of sp³-hybridized carbons (Fsp3) is 0.610. The van der Waals surface area contributed by atoms with Crippen LogP contribution in [-0.4, -0.2) is 24.1 Å². The maximum Gasteiger partial charge on any atom is 0.338 e. The van der Waals surface area contributed by atoms with Crippen LogP contribution in [0.2, 0.25) is 0 Å². The second kappa shape index (κ2) is 13.1. The highest BCUT2D eigenvalue weighted by Gasteiger charge is 2.62. The van der Waals surface area contributed by atoms with E-state index < -0.39 is 0 Å². The second-order valence-electron chi connectivity index (χ2n) is 15.8. The van der Waals surface area contributed by atoms with E-state index in [0.29, 0.717) is 28.9 Å². The molecule has 0 aromatic heterocycles. The van der Waals surface area contributed by atoms with Crippen molar-refractivity contribution in [3.8, 4) is 0 Å². The summed E-state index contributed by atoms with van der Waals surface area (Å²) in [7, 11) is 0. The average molecular weight is 611 g/mol. The van der Waals surface area contributed by atoms with Crippen molar-refractivity contribution in [2.24, 2.45) is 46.3 Å². The lowest BCUT2D eigenvalue weighted by atomic mass is 9.46.